The second kappa shape index (κ2) is 6.76. The number of thiophene rings is 1. The molecule has 0 unspecified atom stereocenters. The Morgan fingerprint density at radius 3 is 2.70 bits per heavy atom. The third-order valence-corrected chi connectivity index (χ3v) is 4.11. The normalized spacial score (nSPS) is 10.6. The minimum atomic E-state index is 0.559. The first-order chi connectivity index (χ1) is 9.62. The Labute approximate surface area is 128 Å². The minimum Gasteiger partial charge on any atom is -0.495 e. The third-order valence-electron chi connectivity index (χ3n) is 2.89. The number of hydrogen-bond donors (Lipinski definition) is 0. The fraction of sp³-hybridized carbons (Fsp3) is 0.267. The highest BCUT2D eigenvalue weighted by Crippen LogP contribution is 2.24. The van der Waals surface area contributed by atoms with Gasteiger partial charge < -0.3 is 4.74 Å². The predicted molar refractivity (Wildman–Crippen MR) is 82.2 cm³/mol. The molecule has 1 aromatic heterocycles. The van der Waals surface area contributed by atoms with Crippen LogP contribution in [0.5, 0.6) is 5.75 Å². The van der Waals surface area contributed by atoms with E-state index in [9.17, 15) is 0 Å². The molecule has 0 saturated carbocycles. The van der Waals surface area contributed by atoms with Crippen molar-refractivity contribution in [1.29, 1.82) is 5.26 Å². The molecule has 1 aromatic carbocycles. The van der Waals surface area contributed by atoms with Crippen molar-refractivity contribution in [2.45, 2.75) is 13.1 Å². The molecule has 0 spiro atoms. The standard InChI is InChI=1S/C15H15ClN2OS/c1-18(10-13-5-6-15(16)20-13)9-11-3-4-12(8-17)14(7-11)19-2/h3-7H,9-10H2,1-2H3. The van der Waals surface area contributed by atoms with Crippen molar-refractivity contribution in [3.8, 4) is 11.8 Å². The molecule has 0 aliphatic carbocycles. The summed E-state index contributed by atoms with van der Waals surface area (Å²) in [6.07, 6.45) is 0. The number of rotatable bonds is 5. The molecule has 0 saturated heterocycles. The smallest absolute Gasteiger partial charge is 0.136 e. The van der Waals surface area contributed by atoms with Crippen LogP contribution in [0.2, 0.25) is 4.34 Å². The number of methoxy groups -OCH3 is 1. The number of nitriles is 1. The van der Waals surface area contributed by atoms with E-state index in [1.807, 2.05) is 24.3 Å². The van der Waals surface area contributed by atoms with Crippen LogP contribution in [0, 0.1) is 11.3 Å². The van der Waals surface area contributed by atoms with E-state index in [0.29, 0.717) is 11.3 Å². The van der Waals surface area contributed by atoms with Crippen molar-refractivity contribution in [2.75, 3.05) is 14.2 Å². The molecule has 0 aliphatic rings. The summed E-state index contributed by atoms with van der Waals surface area (Å²) < 4.78 is 6.04. The highest BCUT2D eigenvalue weighted by atomic mass is 35.5. The largest absolute Gasteiger partial charge is 0.495 e. The molecule has 3 nitrogen and oxygen atoms in total. The van der Waals surface area contributed by atoms with E-state index in [2.05, 4.69) is 18.0 Å². The van der Waals surface area contributed by atoms with Gasteiger partial charge in [0.25, 0.3) is 0 Å². The Kier molecular flexibility index (Phi) is 5.02. The summed E-state index contributed by atoms with van der Waals surface area (Å²) in [5.41, 5.74) is 1.68. The highest BCUT2D eigenvalue weighted by Gasteiger charge is 2.07. The molecule has 0 N–H and O–H groups in total. The second-order valence-corrected chi connectivity index (χ2v) is 6.32. The van der Waals surface area contributed by atoms with Crippen LogP contribution in [-0.4, -0.2) is 19.1 Å². The molecule has 5 heteroatoms. The summed E-state index contributed by atoms with van der Waals surface area (Å²) in [7, 11) is 3.63. The van der Waals surface area contributed by atoms with Gasteiger partial charge in [0.1, 0.15) is 11.8 Å². The second-order valence-electron chi connectivity index (χ2n) is 4.52. The zero-order valence-corrected chi connectivity index (χ0v) is 13.0. The van der Waals surface area contributed by atoms with Gasteiger partial charge in [-0.05, 0) is 36.9 Å². The molecule has 2 rings (SSSR count). The zero-order chi connectivity index (χ0) is 14.5. The van der Waals surface area contributed by atoms with Crippen LogP contribution in [0.1, 0.15) is 16.0 Å². The lowest BCUT2D eigenvalue weighted by Crippen LogP contribution is -2.16. The molecule has 0 radical (unpaired) electrons. The molecule has 104 valence electrons. The van der Waals surface area contributed by atoms with Crippen LogP contribution < -0.4 is 4.74 Å². The van der Waals surface area contributed by atoms with Crippen molar-refractivity contribution >= 4 is 22.9 Å². The fourth-order valence-corrected chi connectivity index (χ4v) is 3.16. The predicted octanol–water partition coefficient (Wildman–Crippen LogP) is 3.91. The molecule has 0 fully saturated rings. The molecular formula is C15H15ClN2OS. The molecule has 2 aromatic rings. The van der Waals surface area contributed by atoms with Crippen molar-refractivity contribution < 1.29 is 4.74 Å². The van der Waals surface area contributed by atoms with E-state index in [4.69, 9.17) is 21.6 Å². The Bertz CT molecular complexity index is 633. The van der Waals surface area contributed by atoms with Crippen LogP contribution >= 0.6 is 22.9 Å². The van der Waals surface area contributed by atoms with Crippen LogP contribution in [0.25, 0.3) is 0 Å². The van der Waals surface area contributed by atoms with Crippen LogP contribution in [0.3, 0.4) is 0 Å². The highest BCUT2D eigenvalue weighted by molar-refractivity contribution is 7.16. The fourth-order valence-electron chi connectivity index (χ4n) is 2.00. The van der Waals surface area contributed by atoms with Gasteiger partial charge in [-0.1, -0.05) is 17.7 Å². The summed E-state index contributed by atoms with van der Waals surface area (Å²) in [6.45, 7) is 1.64. The van der Waals surface area contributed by atoms with E-state index in [0.717, 1.165) is 23.0 Å². The summed E-state index contributed by atoms with van der Waals surface area (Å²) in [6, 6.07) is 11.7. The quantitative estimate of drug-likeness (QED) is 0.840. The van der Waals surface area contributed by atoms with Gasteiger partial charge in [-0.15, -0.1) is 11.3 Å². The van der Waals surface area contributed by atoms with Gasteiger partial charge >= 0.3 is 0 Å². The Morgan fingerprint density at radius 1 is 1.30 bits per heavy atom. The third kappa shape index (κ3) is 3.73. The molecule has 0 amide bonds. The summed E-state index contributed by atoms with van der Waals surface area (Å²) in [5.74, 6) is 0.623. The van der Waals surface area contributed by atoms with Gasteiger partial charge in [0.2, 0.25) is 0 Å². The van der Waals surface area contributed by atoms with Crippen LogP contribution in [-0.2, 0) is 13.1 Å². The SMILES string of the molecule is COc1cc(CN(C)Cc2ccc(Cl)s2)ccc1C#N. The molecule has 0 atom stereocenters. The van der Waals surface area contributed by atoms with Crippen LogP contribution in [0.15, 0.2) is 30.3 Å². The molecule has 20 heavy (non-hydrogen) atoms. The maximum absolute atomic E-state index is 8.97. The van der Waals surface area contributed by atoms with Gasteiger partial charge in [0, 0.05) is 18.0 Å². The van der Waals surface area contributed by atoms with Gasteiger partial charge in [-0.3, -0.25) is 4.90 Å². The number of hydrogen-bond acceptors (Lipinski definition) is 4. The van der Waals surface area contributed by atoms with E-state index < -0.39 is 0 Å². The number of halogens is 1. The lowest BCUT2D eigenvalue weighted by Gasteiger charge is -2.16. The van der Waals surface area contributed by atoms with Crippen LogP contribution in [0.4, 0.5) is 0 Å². The van der Waals surface area contributed by atoms with Gasteiger partial charge in [0.15, 0.2) is 0 Å². The van der Waals surface area contributed by atoms with E-state index in [-0.39, 0.29) is 0 Å². The van der Waals surface area contributed by atoms with Gasteiger partial charge in [-0.2, -0.15) is 5.26 Å². The zero-order valence-electron chi connectivity index (χ0n) is 11.4. The average Bonchev–Trinajstić information content (AvgIpc) is 2.83. The number of ether oxygens (including phenoxy) is 1. The van der Waals surface area contributed by atoms with E-state index in [1.165, 1.54) is 4.88 Å². The van der Waals surface area contributed by atoms with E-state index in [1.54, 1.807) is 24.5 Å². The Balaban J connectivity index is 2.04. The Morgan fingerprint density at radius 2 is 2.10 bits per heavy atom. The number of benzene rings is 1. The average molecular weight is 307 g/mol. The first kappa shape index (κ1) is 14.9. The van der Waals surface area contributed by atoms with Gasteiger partial charge in [0.05, 0.1) is 17.0 Å². The van der Waals surface area contributed by atoms with Gasteiger partial charge in [-0.25, -0.2) is 0 Å². The molecular weight excluding hydrogens is 292 g/mol. The lowest BCUT2D eigenvalue weighted by atomic mass is 10.1. The maximum Gasteiger partial charge on any atom is 0.136 e. The maximum atomic E-state index is 8.97. The minimum absolute atomic E-state index is 0.559. The first-order valence-corrected chi connectivity index (χ1v) is 7.31. The Hall–Kier alpha value is -1.54. The summed E-state index contributed by atoms with van der Waals surface area (Å²) in [4.78, 5) is 3.43. The van der Waals surface area contributed by atoms with E-state index >= 15 is 0 Å². The molecule has 0 bridgehead atoms. The molecule has 0 aliphatic heterocycles. The summed E-state index contributed by atoms with van der Waals surface area (Å²) >= 11 is 7.53. The van der Waals surface area contributed by atoms with Crippen molar-refractivity contribution in [3.63, 3.8) is 0 Å². The monoisotopic (exact) mass is 306 g/mol. The topological polar surface area (TPSA) is 36.3 Å². The molecule has 1 heterocycles. The van der Waals surface area contributed by atoms with Crippen molar-refractivity contribution in [1.82, 2.24) is 4.90 Å². The first-order valence-electron chi connectivity index (χ1n) is 6.12. The van der Waals surface area contributed by atoms with Crippen molar-refractivity contribution in [3.05, 3.63) is 50.7 Å². The number of nitrogens with zero attached hydrogens (tertiary/aromatic N) is 2. The summed E-state index contributed by atoms with van der Waals surface area (Å²) in [5, 5.41) is 8.97. The van der Waals surface area contributed by atoms with Crippen molar-refractivity contribution in [2.24, 2.45) is 0 Å². The lowest BCUT2D eigenvalue weighted by molar-refractivity contribution is 0.321.